The molecule has 0 radical (unpaired) electrons. The SMILES string of the molecule is O=Nc1cc(O)c2c(c1)O[C@@H](c1ccc(O)c(O)c1)[C@@H](O)C2. The molecule has 0 amide bonds. The van der Waals surface area contributed by atoms with E-state index in [2.05, 4.69) is 5.18 Å². The first-order valence-electron chi connectivity index (χ1n) is 6.55. The largest absolute Gasteiger partial charge is 0.507 e. The number of rotatable bonds is 2. The lowest BCUT2D eigenvalue weighted by Gasteiger charge is -2.31. The molecule has 114 valence electrons. The van der Waals surface area contributed by atoms with Crippen molar-refractivity contribution in [3.8, 4) is 23.0 Å². The number of nitrogens with zero attached hydrogens (tertiary/aromatic N) is 1. The Morgan fingerprint density at radius 3 is 2.50 bits per heavy atom. The van der Waals surface area contributed by atoms with Crippen molar-refractivity contribution in [2.24, 2.45) is 5.18 Å². The van der Waals surface area contributed by atoms with E-state index < -0.39 is 12.2 Å². The third kappa shape index (κ3) is 2.31. The van der Waals surface area contributed by atoms with Crippen LogP contribution in [0.5, 0.6) is 23.0 Å². The number of aliphatic hydroxyl groups is 1. The maximum atomic E-state index is 10.6. The molecule has 0 aliphatic carbocycles. The van der Waals surface area contributed by atoms with E-state index in [0.717, 1.165) is 0 Å². The number of aromatic hydroxyl groups is 3. The number of hydrogen-bond donors (Lipinski definition) is 4. The predicted molar refractivity (Wildman–Crippen MR) is 76.4 cm³/mol. The van der Waals surface area contributed by atoms with Gasteiger partial charge in [0.25, 0.3) is 0 Å². The van der Waals surface area contributed by atoms with E-state index in [0.29, 0.717) is 11.1 Å². The molecular weight excluding hydrogens is 290 g/mol. The second kappa shape index (κ2) is 5.19. The lowest BCUT2D eigenvalue weighted by molar-refractivity contribution is 0.0199. The summed E-state index contributed by atoms with van der Waals surface area (Å²) in [5.74, 6) is -0.527. The van der Waals surface area contributed by atoms with Crippen molar-refractivity contribution < 1.29 is 25.2 Å². The van der Waals surface area contributed by atoms with Crippen LogP contribution in [0.3, 0.4) is 0 Å². The zero-order valence-electron chi connectivity index (χ0n) is 11.3. The highest BCUT2D eigenvalue weighted by molar-refractivity contribution is 5.57. The number of benzene rings is 2. The topological polar surface area (TPSA) is 120 Å². The van der Waals surface area contributed by atoms with Crippen LogP contribution in [-0.2, 0) is 6.42 Å². The van der Waals surface area contributed by atoms with Crippen molar-refractivity contribution in [2.45, 2.75) is 18.6 Å². The lowest BCUT2D eigenvalue weighted by atomic mass is 9.94. The second-order valence-corrected chi connectivity index (χ2v) is 5.09. The van der Waals surface area contributed by atoms with Gasteiger partial charge in [0.05, 0.1) is 6.10 Å². The molecule has 0 saturated carbocycles. The van der Waals surface area contributed by atoms with E-state index in [4.69, 9.17) is 4.74 Å². The standard InChI is InChI=1S/C15H13NO6/c17-10-2-1-7(3-12(10)19)15-13(20)6-9-11(18)4-8(16-21)5-14(9)22-15/h1-5,13,15,17-20H,6H2/t13-,15-/m0/s1. The Morgan fingerprint density at radius 2 is 1.82 bits per heavy atom. The van der Waals surface area contributed by atoms with Crippen LogP contribution in [0.4, 0.5) is 5.69 Å². The minimum Gasteiger partial charge on any atom is -0.507 e. The predicted octanol–water partition coefficient (Wildman–Crippen LogP) is 2.24. The van der Waals surface area contributed by atoms with E-state index in [1.807, 2.05) is 0 Å². The van der Waals surface area contributed by atoms with Gasteiger partial charge in [-0.3, -0.25) is 0 Å². The summed E-state index contributed by atoms with van der Waals surface area (Å²) >= 11 is 0. The van der Waals surface area contributed by atoms with E-state index in [1.54, 1.807) is 0 Å². The minimum absolute atomic E-state index is 0.0138. The van der Waals surface area contributed by atoms with E-state index >= 15 is 0 Å². The zero-order valence-corrected chi connectivity index (χ0v) is 11.3. The molecule has 2 aromatic carbocycles. The third-order valence-corrected chi connectivity index (χ3v) is 3.62. The van der Waals surface area contributed by atoms with Gasteiger partial charge in [-0.1, -0.05) is 6.07 Å². The third-order valence-electron chi connectivity index (χ3n) is 3.62. The average Bonchev–Trinajstić information content (AvgIpc) is 2.50. The molecule has 0 aromatic heterocycles. The molecule has 22 heavy (non-hydrogen) atoms. The number of nitroso groups, excluding NO2 is 1. The molecule has 0 unspecified atom stereocenters. The van der Waals surface area contributed by atoms with E-state index in [1.165, 1.54) is 30.3 Å². The minimum atomic E-state index is -0.961. The van der Waals surface area contributed by atoms with Crippen LogP contribution in [0, 0.1) is 4.91 Å². The highest BCUT2D eigenvalue weighted by atomic mass is 16.5. The molecule has 0 bridgehead atoms. The van der Waals surface area contributed by atoms with E-state index in [-0.39, 0.29) is 35.1 Å². The van der Waals surface area contributed by atoms with Gasteiger partial charge in [-0.15, -0.1) is 4.91 Å². The highest BCUT2D eigenvalue weighted by Crippen LogP contribution is 2.42. The van der Waals surface area contributed by atoms with Crippen LogP contribution >= 0.6 is 0 Å². The van der Waals surface area contributed by atoms with Crippen molar-refractivity contribution in [3.63, 3.8) is 0 Å². The average molecular weight is 303 g/mol. The molecular formula is C15H13NO6. The molecule has 4 N–H and O–H groups in total. The van der Waals surface area contributed by atoms with Gasteiger partial charge in [0.15, 0.2) is 11.5 Å². The number of aliphatic hydroxyl groups excluding tert-OH is 1. The Bertz CT molecular complexity index is 745. The fourth-order valence-corrected chi connectivity index (χ4v) is 2.52. The van der Waals surface area contributed by atoms with Crippen molar-refractivity contribution in [2.75, 3.05) is 0 Å². The van der Waals surface area contributed by atoms with Crippen LogP contribution in [0.2, 0.25) is 0 Å². The molecule has 2 atom stereocenters. The molecule has 1 aliphatic rings. The van der Waals surface area contributed by atoms with Crippen molar-refractivity contribution >= 4 is 5.69 Å². The summed E-state index contributed by atoms with van der Waals surface area (Å²) in [5.41, 5.74) is 0.858. The van der Waals surface area contributed by atoms with Gasteiger partial charge in [0.1, 0.15) is 23.3 Å². The maximum absolute atomic E-state index is 10.6. The quantitative estimate of drug-likeness (QED) is 0.499. The Hall–Kier alpha value is -2.80. The number of hydrogen-bond acceptors (Lipinski definition) is 7. The number of phenols is 3. The van der Waals surface area contributed by atoms with Crippen molar-refractivity contribution in [3.05, 3.63) is 46.4 Å². The van der Waals surface area contributed by atoms with Gasteiger partial charge in [0.2, 0.25) is 0 Å². The smallest absolute Gasteiger partial charge is 0.157 e. The lowest BCUT2D eigenvalue weighted by Crippen LogP contribution is -2.30. The van der Waals surface area contributed by atoms with Gasteiger partial charge in [-0.05, 0) is 22.9 Å². The van der Waals surface area contributed by atoms with Gasteiger partial charge in [-0.25, -0.2) is 0 Å². The molecule has 7 nitrogen and oxygen atoms in total. The fraction of sp³-hybridized carbons (Fsp3) is 0.200. The van der Waals surface area contributed by atoms with Gasteiger partial charge in [0, 0.05) is 24.1 Å². The Morgan fingerprint density at radius 1 is 1.05 bits per heavy atom. The van der Waals surface area contributed by atoms with E-state index in [9.17, 15) is 25.3 Å². The number of ether oxygens (including phenoxy) is 1. The summed E-state index contributed by atoms with van der Waals surface area (Å²) in [6.45, 7) is 0. The van der Waals surface area contributed by atoms with Crippen LogP contribution in [0.1, 0.15) is 17.2 Å². The summed E-state index contributed by atoms with van der Waals surface area (Å²) in [6, 6.07) is 6.67. The molecule has 1 heterocycles. The first kappa shape index (κ1) is 14.2. The molecule has 0 spiro atoms. The van der Waals surface area contributed by atoms with Crippen molar-refractivity contribution in [1.29, 1.82) is 0 Å². The molecule has 0 fully saturated rings. The van der Waals surface area contributed by atoms with Crippen LogP contribution in [-0.4, -0.2) is 26.5 Å². The summed E-state index contributed by atoms with van der Waals surface area (Å²) in [4.78, 5) is 10.6. The molecule has 3 rings (SSSR count). The number of phenolic OH excluding ortho intramolecular Hbond substituents is 3. The second-order valence-electron chi connectivity index (χ2n) is 5.09. The summed E-state index contributed by atoms with van der Waals surface area (Å²) in [5, 5.41) is 41.7. The monoisotopic (exact) mass is 303 g/mol. The normalized spacial score (nSPS) is 20.0. The maximum Gasteiger partial charge on any atom is 0.157 e. The molecule has 2 aromatic rings. The first-order chi connectivity index (χ1) is 10.5. The molecule has 0 saturated heterocycles. The molecule has 1 aliphatic heterocycles. The summed E-state index contributed by atoms with van der Waals surface area (Å²) in [6.07, 6.45) is -1.65. The van der Waals surface area contributed by atoms with Gasteiger partial charge in [-0.2, -0.15) is 0 Å². The van der Waals surface area contributed by atoms with Crippen LogP contribution < -0.4 is 4.74 Å². The van der Waals surface area contributed by atoms with Gasteiger partial charge < -0.3 is 25.2 Å². The summed E-state index contributed by atoms with van der Waals surface area (Å²) < 4.78 is 5.65. The van der Waals surface area contributed by atoms with Gasteiger partial charge >= 0.3 is 0 Å². The Kier molecular flexibility index (Phi) is 3.34. The Balaban J connectivity index is 2.01. The summed E-state index contributed by atoms with van der Waals surface area (Å²) in [7, 11) is 0. The first-order valence-corrected chi connectivity index (χ1v) is 6.55. The Labute approximate surface area is 125 Å². The highest BCUT2D eigenvalue weighted by Gasteiger charge is 2.32. The van der Waals surface area contributed by atoms with Crippen molar-refractivity contribution in [1.82, 2.24) is 0 Å². The fourth-order valence-electron chi connectivity index (χ4n) is 2.52. The van der Waals surface area contributed by atoms with Crippen LogP contribution in [0.15, 0.2) is 35.5 Å². The zero-order chi connectivity index (χ0) is 15.9. The number of fused-ring (bicyclic) bond motifs is 1. The molecule has 7 heteroatoms. The van der Waals surface area contributed by atoms with Crippen LogP contribution in [0.25, 0.3) is 0 Å².